The quantitative estimate of drug-likeness (QED) is 0.551. The van der Waals surface area contributed by atoms with E-state index >= 15 is 0 Å². The molecule has 0 aliphatic rings. The lowest BCUT2D eigenvalue weighted by atomic mass is 9.95. The van der Waals surface area contributed by atoms with Gasteiger partial charge in [-0.1, -0.05) is 60.4 Å². The molecule has 0 saturated carbocycles. The summed E-state index contributed by atoms with van der Waals surface area (Å²) in [5, 5.41) is 0. The number of anilines is 1. The molecule has 3 aromatic carbocycles. The van der Waals surface area contributed by atoms with Crippen LogP contribution < -0.4 is 5.73 Å². The van der Waals surface area contributed by atoms with Crippen LogP contribution in [0.15, 0.2) is 91.3 Å². The second-order valence-electron chi connectivity index (χ2n) is 4.92. The summed E-state index contributed by atoms with van der Waals surface area (Å²) >= 11 is 0. The smallest absolute Gasteiger partial charge is 0.0991 e. The SMILES string of the molecule is [2H]c1c([2H])c([2H])c(-c2cc(-n3ccnc3)cc(-c3c([2H])c([2H])c([2H])c([2H])c3[2H])c2N)c([2H])c1[2H]. The Balaban J connectivity index is 2.18. The molecule has 4 rings (SSSR count). The van der Waals surface area contributed by atoms with Crippen LogP contribution in [-0.2, 0) is 0 Å². The van der Waals surface area contributed by atoms with E-state index in [4.69, 9.17) is 19.4 Å². The van der Waals surface area contributed by atoms with Crippen molar-refractivity contribution in [3.63, 3.8) is 0 Å². The molecule has 3 nitrogen and oxygen atoms in total. The molecule has 4 aromatic rings. The van der Waals surface area contributed by atoms with E-state index < -0.39 is 60.4 Å². The molecular formula is C21H17N3. The number of hydrogen-bond donors (Lipinski definition) is 1. The fourth-order valence-electron chi connectivity index (χ4n) is 2.38. The molecule has 1 aromatic heterocycles. The van der Waals surface area contributed by atoms with E-state index in [1.54, 1.807) is 10.8 Å². The minimum Gasteiger partial charge on any atom is -0.398 e. The van der Waals surface area contributed by atoms with Crippen molar-refractivity contribution in [3.05, 3.63) is 91.3 Å². The molecule has 0 saturated heterocycles. The Bertz CT molecular complexity index is 1320. The third-order valence-electron chi connectivity index (χ3n) is 3.51. The van der Waals surface area contributed by atoms with Crippen LogP contribution in [0.5, 0.6) is 0 Å². The average Bonchev–Trinajstić information content (AvgIpc) is 3.36. The molecule has 0 amide bonds. The van der Waals surface area contributed by atoms with Crippen molar-refractivity contribution >= 4 is 5.69 Å². The molecule has 0 atom stereocenters. The number of aromatic nitrogens is 2. The lowest BCUT2D eigenvalue weighted by Gasteiger charge is -2.15. The van der Waals surface area contributed by atoms with Gasteiger partial charge in [0.1, 0.15) is 0 Å². The van der Waals surface area contributed by atoms with Crippen LogP contribution >= 0.6 is 0 Å². The second-order valence-corrected chi connectivity index (χ2v) is 4.92. The van der Waals surface area contributed by atoms with Gasteiger partial charge in [0.2, 0.25) is 0 Å². The van der Waals surface area contributed by atoms with Crippen LogP contribution in [-0.4, -0.2) is 9.55 Å². The number of nitrogens with two attached hydrogens (primary N) is 1. The standard InChI is InChI=1S/C21H17N3/c22-21-19(16-7-3-1-4-8-16)13-18(24-12-11-23-15-24)14-20(21)17-9-5-2-6-10-17/h1-15H,22H2/i1D,2D,3D,4D,5D,6D,7D,8D,9D,10D. The van der Waals surface area contributed by atoms with Gasteiger partial charge in [-0.05, 0) is 23.3 Å². The molecule has 1 heterocycles. The Hall–Kier alpha value is -3.33. The molecule has 116 valence electrons. The van der Waals surface area contributed by atoms with E-state index in [1.165, 1.54) is 24.7 Å². The molecule has 3 heteroatoms. The van der Waals surface area contributed by atoms with Crippen molar-refractivity contribution in [2.45, 2.75) is 0 Å². The monoisotopic (exact) mass is 321 g/mol. The molecule has 0 unspecified atom stereocenters. The highest BCUT2D eigenvalue weighted by Gasteiger charge is 2.12. The number of benzene rings is 3. The van der Waals surface area contributed by atoms with Crippen molar-refractivity contribution in [2.75, 3.05) is 5.73 Å². The second kappa shape index (κ2) is 6.05. The van der Waals surface area contributed by atoms with Crippen LogP contribution in [0.1, 0.15) is 13.7 Å². The van der Waals surface area contributed by atoms with Gasteiger partial charge in [-0.15, -0.1) is 0 Å². The first kappa shape index (κ1) is 7.05. The van der Waals surface area contributed by atoms with Crippen molar-refractivity contribution in [2.24, 2.45) is 0 Å². The van der Waals surface area contributed by atoms with Crippen LogP contribution in [0.3, 0.4) is 0 Å². The van der Waals surface area contributed by atoms with Crippen LogP contribution in [0.4, 0.5) is 5.69 Å². The largest absolute Gasteiger partial charge is 0.398 e. The van der Waals surface area contributed by atoms with Crippen LogP contribution in [0.25, 0.3) is 27.9 Å². The van der Waals surface area contributed by atoms with E-state index in [-0.39, 0.29) is 27.9 Å². The van der Waals surface area contributed by atoms with Gasteiger partial charge in [-0.2, -0.15) is 0 Å². The highest BCUT2D eigenvalue weighted by Crippen LogP contribution is 2.37. The van der Waals surface area contributed by atoms with E-state index in [2.05, 4.69) is 4.98 Å². The topological polar surface area (TPSA) is 43.8 Å². The van der Waals surface area contributed by atoms with Gasteiger partial charge in [0, 0.05) is 34.9 Å². The summed E-state index contributed by atoms with van der Waals surface area (Å²) in [6.07, 6.45) is 4.57. The van der Waals surface area contributed by atoms with Crippen LogP contribution in [0.2, 0.25) is 0 Å². The van der Waals surface area contributed by atoms with Crippen molar-refractivity contribution in [1.29, 1.82) is 0 Å². The maximum atomic E-state index is 8.36. The molecular weight excluding hydrogens is 294 g/mol. The van der Waals surface area contributed by atoms with Crippen molar-refractivity contribution < 1.29 is 13.7 Å². The first-order valence-electron chi connectivity index (χ1n) is 12.0. The predicted molar refractivity (Wildman–Crippen MR) is 98.8 cm³/mol. The predicted octanol–water partition coefficient (Wildman–Crippen LogP) is 4.79. The zero-order valence-electron chi connectivity index (χ0n) is 22.4. The highest BCUT2D eigenvalue weighted by molar-refractivity contribution is 5.90. The summed E-state index contributed by atoms with van der Waals surface area (Å²) < 4.78 is 82.8. The average molecular weight is 321 g/mol. The normalized spacial score (nSPS) is 16.5. The van der Waals surface area contributed by atoms with Crippen LogP contribution in [0, 0.1) is 0 Å². The Labute approximate surface area is 155 Å². The summed E-state index contributed by atoms with van der Waals surface area (Å²) in [6, 6.07) is -2.22. The fraction of sp³-hybridized carbons (Fsp3) is 0. The van der Waals surface area contributed by atoms with Gasteiger partial charge in [-0.25, -0.2) is 4.98 Å². The summed E-state index contributed by atoms with van der Waals surface area (Å²) in [5.41, 5.74) is 6.51. The number of imidazole rings is 1. The van der Waals surface area contributed by atoms with Gasteiger partial charge < -0.3 is 10.3 Å². The Kier molecular flexibility index (Phi) is 1.78. The lowest BCUT2D eigenvalue weighted by Crippen LogP contribution is -1.99. The van der Waals surface area contributed by atoms with E-state index in [1.807, 2.05) is 0 Å². The lowest BCUT2D eigenvalue weighted by molar-refractivity contribution is 1.06. The third-order valence-corrected chi connectivity index (χ3v) is 3.51. The van der Waals surface area contributed by atoms with Gasteiger partial charge >= 0.3 is 0 Å². The minimum absolute atomic E-state index is 0.0602. The maximum Gasteiger partial charge on any atom is 0.0991 e. The van der Waals surface area contributed by atoms with Gasteiger partial charge in [0.05, 0.1) is 20.0 Å². The first-order valence-corrected chi connectivity index (χ1v) is 7.03. The zero-order chi connectivity index (χ0) is 25.1. The third kappa shape index (κ3) is 2.57. The number of nitrogens with zero attached hydrogens (tertiary/aromatic N) is 2. The van der Waals surface area contributed by atoms with E-state index in [0.717, 1.165) is 0 Å². The number of hydrogen-bond acceptors (Lipinski definition) is 2. The summed E-state index contributed by atoms with van der Waals surface area (Å²) in [5.74, 6) is 0. The van der Waals surface area contributed by atoms with Gasteiger partial charge in [0.25, 0.3) is 0 Å². The Morgan fingerprint density at radius 3 is 1.83 bits per heavy atom. The summed E-state index contributed by atoms with van der Waals surface area (Å²) in [4.78, 5) is 3.99. The molecule has 24 heavy (non-hydrogen) atoms. The Morgan fingerprint density at radius 1 is 0.833 bits per heavy atom. The van der Waals surface area contributed by atoms with Gasteiger partial charge in [0.15, 0.2) is 0 Å². The molecule has 0 spiro atoms. The molecule has 0 aliphatic heterocycles. The fourth-order valence-corrected chi connectivity index (χ4v) is 2.38. The maximum absolute atomic E-state index is 8.36. The molecule has 2 N–H and O–H groups in total. The van der Waals surface area contributed by atoms with E-state index in [0.29, 0.717) is 5.69 Å². The van der Waals surface area contributed by atoms with Crippen molar-refractivity contribution in [3.8, 4) is 27.9 Å². The molecule has 0 aliphatic carbocycles. The molecule has 0 radical (unpaired) electrons. The van der Waals surface area contributed by atoms with E-state index in [9.17, 15) is 0 Å². The Morgan fingerprint density at radius 2 is 1.38 bits per heavy atom. The highest BCUT2D eigenvalue weighted by atomic mass is 15.0. The summed E-state index contributed by atoms with van der Waals surface area (Å²) in [6.45, 7) is 0. The summed E-state index contributed by atoms with van der Waals surface area (Å²) in [7, 11) is 0. The minimum atomic E-state index is -0.561. The first-order chi connectivity index (χ1) is 16.0. The molecule has 0 fully saturated rings. The number of rotatable bonds is 3. The zero-order valence-corrected chi connectivity index (χ0v) is 12.4. The van der Waals surface area contributed by atoms with Crippen molar-refractivity contribution in [1.82, 2.24) is 9.55 Å². The van der Waals surface area contributed by atoms with Gasteiger partial charge in [-0.3, -0.25) is 0 Å². The number of nitrogen functional groups attached to an aromatic ring is 1. The molecule has 0 bridgehead atoms.